The molecule has 1 N–H and O–H groups in total. The summed E-state index contributed by atoms with van der Waals surface area (Å²) in [5.74, 6) is 0.982. The lowest BCUT2D eigenvalue weighted by molar-refractivity contribution is -0.764. The first-order valence-corrected chi connectivity index (χ1v) is 12.4. The number of benzene rings is 2. The second kappa shape index (κ2) is 8.77. The molecule has 0 radical (unpaired) electrons. The van der Waals surface area contributed by atoms with E-state index >= 15 is 0 Å². The number of carbonyl (C=O) groups is 1. The Labute approximate surface area is 205 Å². The maximum atomic E-state index is 13.3. The Hall–Kier alpha value is -3.36. The van der Waals surface area contributed by atoms with Crippen LogP contribution in [0.2, 0.25) is 5.02 Å². The van der Waals surface area contributed by atoms with Crippen LogP contribution in [0.3, 0.4) is 0 Å². The zero-order chi connectivity index (χ0) is 24.0. The molecule has 0 saturated heterocycles. The third kappa shape index (κ3) is 3.63. The van der Waals surface area contributed by atoms with Crippen LogP contribution in [0, 0.1) is 6.92 Å². The second-order valence-electron chi connectivity index (χ2n) is 7.93. The number of H-pyrrole nitrogens is 1. The van der Waals surface area contributed by atoms with E-state index in [1.807, 2.05) is 74.7 Å². The molecule has 0 spiro atoms. The van der Waals surface area contributed by atoms with Gasteiger partial charge in [0.2, 0.25) is 11.1 Å². The summed E-state index contributed by atoms with van der Waals surface area (Å²) in [5, 5.41) is 5.76. The Morgan fingerprint density at radius 3 is 2.76 bits per heavy atom. The molecule has 1 amide bonds. The first-order chi connectivity index (χ1) is 16.4. The van der Waals surface area contributed by atoms with E-state index in [2.05, 4.69) is 10.1 Å². The number of furan rings is 1. The summed E-state index contributed by atoms with van der Waals surface area (Å²) in [5.41, 5.74) is 3.16. The normalized spacial score (nSPS) is 14.6. The van der Waals surface area contributed by atoms with E-state index in [9.17, 15) is 9.59 Å². The standard InChI is InChI=1S/C25H21ClN4O3S/c1-4-21(31)29-18-8-6-5-7-16(18)22-23(32)27-25(34-3)28-30(22)24(29)20-12-11-19(33-20)15-10-9-14(2)17(26)13-15/h5-13,24H,4H2,1-3H3/p+1. The first kappa shape index (κ1) is 22.4. The molecule has 2 aromatic heterocycles. The summed E-state index contributed by atoms with van der Waals surface area (Å²) in [6.07, 6.45) is 1.35. The van der Waals surface area contributed by atoms with Gasteiger partial charge in [-0.3, -0.25) is 14.6 Å². The second-order valence-corrected chi connectivity index (χ2v) is 9.13. The van der Waals surface area contributed by atoms with E-state index in [0.717, 1.165) is 11.1 Å². The number of anilines is 1. The van der Waals surface area contributed by atoms with Gasteiger partial charge in [-0.05, 0) is 53.8 Å². The molecule has 0 aliphatic carbocycles. The smallest absolute Gasteiger partial charge is 0.325 e. The number of amides is 1. The van der Waals surface area contributed by atoms with Crippen molar-refractivity contribution in [2.24, 2.45) is 0 Å². The fraction of sp³-hybridized carbons (Fsp3) is 0.200. The van der Waals surface area contributed by atoms with E-state index in [1.54, 1.807) is 9.58 Å². The molecular weight excluding hydrogens is 472 g/mol. The highest BCUT2D eigenvalue weighted by molar-refractivity contribution is 7.98. The Morgan fingerprint density at radius 1 is 1.24 bits per heavy atom. The van der Waals surface area contributed by atoms with Gasteiger partial charge < -0.3 is 4.42 Å². The first-order valence-electron chi connectivity index (χ1n) is 10.8. The third-order valence-electron chi connectivity index (χ3n) is 5.86. The maximum absolute atomic E-state index is 13.3. The summed E-state index contributed by atoms with van der Waals surface area (Å²) in [7, 11) is 0. The molecule has 0 saturated carbocycles. The largest absolute Gasteiger partial charge is 0.452 e. The van der Waals surface area contributed by atoms with Crippen molar-refractivity contribution in [2.75, 3.05) is 11.2 Å². The molecule has 9 heteroatoms. The number of carbonyl (C=O) groups excluding carboxylic acids is 1. The molecule has 0 bridgehead atoms. The van der Waals surface area contributed by atoms with Crippen molar-refractivity contribution in [1.29, 1.82) is 0 Å². The highest BCUT2D eigenvalue weighted by Gasteiger charge is 2.47. The molecule has 3 heterocycles. The van der Waals surface area contributed by atoms with E-state index in [4.69, 9.17) is 16.0 Å². The summed E-state index contributed by atoms with van der Waals surface area (Å²) in [6, 6.07) is 16.7. The number of aromatic amines is 1. The van der Waals surface area contributed by atoms with E-state index in [0.29, 0.717) is 38.6 Å². The fourth-order valence-corrected chi connectivity index (χ4v) is 4.70. The fourth-order valence-electron chi connectivity index (χ4n) is 4.15. The van der Waals surface area contributed by atoms with E-state index in [-0.39, 0.29) is 17.9 Å². The quantitative estimate of drug-likeness (QED) is 0.320. The molecule has 1 aliphatic heterocycles. The number of thioether (sulfide) groups is 1. The minimum Gasteiger partial charge on any atom is -0.452 e. The van der Waals surface area contributed by atoms with Crippen LogP contribution in [0.5, 0.6) is 0 Å². The molecule has 5 rings (SSSR count). The summed E-state index contributed by atoms with van der Waals surface area (Å²) in [4.78, 5) is 30.9. The van der Waals surface area contributed by atoms with Crippen molar-refractivity contribution in [3.63, 3.8) is 0 Å². The van der Waals surface area contributed by atoms with Crippen LogP contribution in [-0.4, -0.2) is 22.2 Å². The van der Waals surface area contributed by atoms with Gasteiger partial charge in [-0.2, -0.15) is 0 Å². The van der Waals surface area contributed by atoms with Crippen molar-refractivity contribution in [3.8, 4) is 22.6 Å². The Balaban J connectivity index is 1.75. The molecule has 7 nitrogen and oxygen atoms in total. The van der Waals surface area contributed by atoms with Crippen LogP contribution in [0.4, 0.5) is 5.69 Å². The summed E-state index contributed by atoms with van der Waals surface area (Å²) >= 11 is 7.65. The molecule has 1 unspecified atom stereocenters. The molecule has 172 valence electrons. The third-order valence-corrected chi connectivity index (χ3v) is 6.84. The van der Waals surface area contributed by atoms with Gasteiger partial charge >= 0.3 is 17.4 Å². The number of halogens is 1. The SMILES string of the molecule is CCC(=O)N1c2ccccc2-c2c(=O)[nH]c(SC)n[n+]2C1c1ccc(-c2ccc(C)c(Cl)c2)o1. The number of aromatic nitrogens is 3. The zero-order valence-electron chi connectivity index (χ0n) is 18.8. The van der Waals surface area contributed by atoms with Crippen LogP contribution >= 0.6 is 23.4 Å². The highest BCUT2D eigenvalue weighted by atomic mass is 35.5. The van der Waals surface area contributed by atoms with Crippen molar-refractivity contribution < 1.29 is 13.9 Å². The molecule has 1 atom stereocenters. The van der Waals surface area contributed by atoms with Gasteiger partial charge in [-0.15, -0.1) is 0 Å². The number of nitrogens with zero attached hydrogens (tertiary/aromatic N) is 3. The minimum absolute atomic E-state index is 0.111. The summed E-state index contributed by atoms with van der Waals surface area (Å²) < 4.78 is 7.87. The summed E-state index contributed by atoms with van der Waals surface area (Å²) in [6.45, 7) is 3.75. The van der Waals surface area contributed by atoms with Gasteiger partial charge in [0.1, 0.15) is 5.76 Å². The average molecular weight is 494 g/mol. The van der Waals surface area contributed by atoms with Gasteiger partial charge in [-0.1, -0.05) is 54.6 Å². The predicted molar refractivity (Wildman–Crippen MR) is 132 cm³/mol. The van der Waals surface area contributed by atoms with Gasteiger partial charge in [0.15, 0.2) is 5.76 Å². The van der Waals surface area contributed by atoms with E-state index in [1.165, 1.54) is 11.8 Å². The minimum atomic E-state index is -0.764. The van der Waals surface area contributed by atoms with Gasteiger partial charge in [0.05, 0.1) is 11.3 Å². The van der Waals surface area contributed by atoms with Crippen molar-refractivity contribution in [3.05, 3.63) is 81.3 Å². The van der Waals surface area contributed by atoms with Gasteiger partial charge in [0.25, 0.3) is 0 Å². The number of fused-ring (bicyclic) bond motifs is 3. The lowest BCUT2D eigenvalue weighted by Crippen LogP contribution is -2.60. The molecule has 34 heavy (non-hydrogen) atoms. The highest BCUT2D eigenvalue weighted by Crippen LogP contribution is 2.39. The average Bonchev–Trinajstić information content (AvgIpc) is 3.33. The number of rotatable bonds is 4. The Kier molecular flexibility index (Phi) is 5.79. The van der Waals surface area contributed by atoms with Crippen LogP contribution < -0.4 is 15.1 Å². The van der Waals surface area contributed by atoms with Crippen LogP contribution in [0.15, 0.2) is 69.0 Å². The zero-order valence-corrected chi connectivity index (χ0v) is 20.4. The number of aryl methyl sites for hydroxylation is 1. The molecule has 0 fully saturated rings. The lowest BCUT2D eigenvalue weighted by atomic mass is 10.0. The number of nitrogens with one attached hydrogen (secondary N) is 1. The Bertz CT molecular complexity index is 1480. The number of hydrogen-bond donors (Lipinski definition) is 1. The van der Waals surface area contributed by atoms with Crippen molar-refractivity contribution in [2.45, 2.75) is 31.6 Å². The monoisotopic (exact) mass is 493 g/mol. The van der Waals surface area contributed by atoms with Crippen molar-refractivity contribution in [1.82, 2.24) is 10.1 Å². The van der Waals surface area contributed by atoms with E-state index < -0.39 is 6.17 Å². The van der Waals surface area contributed by atoms with Gasteiger partial charge in [-0.25, -0.2) is 4.90 Å². The maximum Gasteiger partial charge on any atom is 0.325 e. The predicted octanol–water partition coefficient (Wildman–Crippen LogP) is 4.97. The number of para-hydroxylation sites is 1. The molecule has 2 aromatic carbocycles. The van der Waals surface area contributed by atoms with Crippen molar-refractivity contribution >= 4 is 35.0 Å². The molecular formula is C25H22ClN4O3S+. The van der Waals surface area contributed by atoms with Crippen LogP contribution in [0.25, 0.3) is 22.6 Å². The number of hydrogen-bond acceptors (Lipinski definition) is 5. The molecule has 4 aromatic rings. The van der Waals surface area contributed by atoms with Crippen LogP contribution in [-0.2, 0) is 4.79 Å². The lowest BCUT2D eigenvalue weighted by Gasteiger charge is -2.30. The van der Waals surface area contributed by atoms with Gasteiger partial charge in [0, 0.05) is 22.1 Å². The Morgan fingerprint density at radius 2 is 2.03 bits per heavy atom. The topological polar surface area (TPSA) is 83.1 Å². The molecule has 1 aliphatic rings. The van der Waals surface area contributed by atoms with Crippen LogP contribution in [0.1, 0.15) is 30.8 Å².